The number of benzene rings is 1. The van der Waals surface area contributed by atoms with Crippen molar-refractivity contribution < 1.29 is 24.1 Å². The average molecular weight is 277 g/mol. The molecule has 0 atom stereocenters. The number of carbonyl (C=O) groups excluding carboxylic acids is 1. The number of hydrogen-bond acceptors (Lipinski definition) is 6. The first-order valence-electron chi connectivity index (χ1n) is 5.78. The van der Waals surface area contributed by atoms with Crippen LogP contribution in [0.5, 0.6) is 11.5 Å². The van der Waals surface area contributed by atoms with Gasteiger partial charge in [0, 0.05) is 0 Å². The van der Waals surface area contributed by atoms with Gasteiger partial charge in [0.15, 0.2) is 11.5 Å². The summed E-state index contributed by atoms with van der Waals surface area (Å²) in [5, 5.41) is 17.6. The molecule has 0 saturated heterocycles. The van der Waals surface area contributed by atoms with E-state index in [1.165, 1.54) is 20.3 Å². The molecule has 1 rings (SSSR count). The molecule has 0 aliphatic rings. The fourth-order valence-electron chi connectivity index (χ4n) is 1.46. The van der Waals surface area contributed by atoms with E-state index >= 15 is 0 Å². The Morgan fingerprint density at radius 2 is 2.15 bits per heavy atom. The van der Waals surface area contributed by atoms with Crippen molar-refractivity contribution in [2.75, 3.05) is 27.4 Å². The van der Waals surface area contributed by atoms with Crippen LogP contribution in [-0.2, 0) is 9.53 Å². The molecule has 0 aromatic heterocycles. The topological polar surface area (TPSA) is 88.8 Å². The quantitative estimate of drug-likeness (QED) is 0.476. The molecule has 0 unspecified atom stereocenters. The zero-order valence-corrected chi connectivity index (χ0v) is 11.3. The maximum absolute atomic E-state index is 11.3. The Hall–Kier alpha value is -2.52. The Labute approximate surface area is 116 Å². The molecule has 20 heavy (non-hydrogen) atoms. The van der Waals surface area contributed by atoms with Crippen molar-refractivity contribution in [3.05, 3.63) is 29.3 Å². The average Bonchev–Trinajstić information content (AvgIpc) is 2.50. The molecule has 0 radical (unpaired) electrons. The molecule has 0 amide bonds. The molecule has 0 saturated carbocycles. The van der Waals surface area contributed by atoms with Gasteiger partial charge < -0.3 is 19.3 Å². The Morgan fingerprint density at radius 3 is 2.70 bits per heavy atom. The maximum Gasteiger partial charge on any atom is 0.348 e. The highest BCUT2D eigenvalue weighted by Crippen LogP contribution is 2.28. The van der Waals surface area contributed by atoms with Crippen LogP contribution in [0.2, 0.25) is 0 Å². The first-order valence-corrected chi connectivity index (χ1v) is 5.78. The molecule has 0 aliphatic carbocycles. The van der Waals surface area contributed by atoms with E-state index < -0.39 is 5.97 Å². The smallest absolute Gasteiger partial charge is 0.348 e. The highest BCUT2D eigenvalue weighted by atomic mass is 16.5. The zero-order valence-electron chi connectivity index (χ0n) is 11.3. The van der Waals surface area contributed by atoms with Gasteiger partial charge in [-0.15, -0.1) is 0 Å². The number of nitriles is 1. The monoisotopic (exact) mass is 277 g/mol. The summed E-state index contributed by atoms with van der Waals surface area (Å²) in [5.41, 5.74) is 0.485. The van der Waals surface area contributed by atoms with Crippen LogP contribution in [0.1, 0.15) is 5.56 Å². The van der Waals surface area contributed by atoms with Crippen LogP contribution >= 0.6 is 0 Å². The molecule has 106 valence electrons. The molecule has 0 heterocycles. The number of hydrogen-bond donors (Lipinski definition) is 1. The van der Waals surface area contributed by atoms with E-state index in [0.717, 1.165) is 0 Å². The van der Waals surface area contributed by atoms with E-state index in [1.807, 2.05) is 0 Å². The molecule has 0 spiro atoms. The molecule has 6 nitrogen and oxygen atoms in total. The van der Waals surface area contributed by atoms with Crippen molar-refractivity contribution in [3.8, 4) is 17.6 Å². The Balaban J connectivity index is 3.06. The highest BCUT2D eigenvalue weighted by molar-refractivity contribution is 5.97. The van der Waals surface area contributed by atoms with E-state index in [-0.39, 0.29) is 18.8 Å². The minimum Gasteiger partial charge on any atom is -0.493 e. The minimum absolute atomic E-state index is 0.105. The van der Waals surface area contributed by atoms with E-state index in [2.05, 4.69) is 4.74 Å². The number of aliphatic hydroxyl groups excluding tert-OH is 1. The van der Waals surface area contributed by atoms with Gasteiger partial charge in [0.2, 0.25) is 0 Å². The van der Waals surface area contributed by atoms with Crippen LogP contribution < -0.4 is 9.47 Å². The third kappa shape index (κ3) is 4.00. The highest BCUT2D eigenvalue weighted by Gasteiger charge is 2.10. The minimum atomic E-state index is -0.702. The summed E-state index contributed by atoms with van der Waals surface area (Å²) >= 11 is 0. The lowest BCUT2D eigenvalue weighted by Gasteiger charge is -2.10. The van der Waals surface area contributed by atoms with Crippen molar-refractivity contribution in [1.29, 1.82) is 5.26 Å². The molecule has 6 heteroatoms. The number of carbonyl (C=O) groups is 1. The fourth-order valence-corrected chi connectivity index (χ4v) is 1.46. The second-order valence-electron chi connectivity index (χ2n) is 3.64. The first kappa shape index (κ1) is 15.5. The van der Waals surface area contributed by atoms with Gasteiger partial charge in [0.1, 0.15) is 18.2 Å². The lowest BCUT2D eigenvalue weighted by Crippen LogP contribution is -2.04. The molecule has 1 N–H and O–H groups in total. The summed E-state index contributed by atoms with van der Waals surface area (Å²) in [6.45, 7) is 0.0445. The van der Waals surface area contributed by atoms with Crippen LogP contribution in [-0.4, -0.2) is 38.5 Å². The second-order valence-corrected chi connectivity index (χ2v) is 3.64. The molecule has 1 aromatic carbocycles. The second kappa shape index (κ2) is 7.81. The van der Waals surface area contributed by atoms with Gasteiger partial charge in [0.25, 0.3) is 0 Å². The predicted octanol–water partition coefficient (Wildman–Crippen LogP) is 1.15. The standard InChI is InChI=1S/C14H15NO5/c1-18-13-8-10(3-4-12(13)20-6-5-16)7-11(9-15)14(17)19-2/h3-4,7-8,16H,5-6H2,1-2H3. The molecular weight excluding hydrogens is 262 g/mol. The lowest BCUT2D eigenvalue weighted by molar-refractivity contribution is -0.135. The first-order chi connectivity index (χ1) is 9.65. The van der Waals surface area contributed by atoms with Gasteiger partial charge in [-0.25, -0.2) is 4.79 Å². The number of aliphatic hydroxyl groups is 1. The summed E-state index contributed by atoms with van der Waals surface area (Å²) in [4.78, 5) is 11.3. The molecule has 0 bridgehead atoms. The SMILES string of the molecule is COC(=O)C(C#N)=Cc1ccc(OCCO)c(OC)c1. The predicted molar refractivity (Wildman–Crippen MR) is 71.2 cm³/mol. The molecular formula is C14H15NO5. The summed E-state index contributed by atoms with van der Waals surface area (Å²) < 4.78 is 14.9. The van der Waals surface area contributed by atoms with Gasteiger partial charge in [-0.3, -0.25) is 0 Å². The normalized spacial score (nSPS) is 10.6. The summed E-state index contributed by atoms with van der Waals surface area (Å²) in [5.74, 6) is 0.205. The van der Waals surface area contributed by atoms with E-state index in [1.54, 1.807) is 24.3 Å². The largest absolute Gasteiger partial charge is 0.493 e. The van der Waals surface area contributed by atoms with E-state index in [0.29, 0.717) is 17.1 Å². The van der Waals surface area contributed by atoms with E-state index in [9.17, 15) is 4.79 Å². The van der Waals surface area contributed by atoms with Gasteiger partial charge in [0.05, 0.1) is 20.8 Å². The van der Waals surface area contributed by atoms with Crippen LogP contribution in [0.15, 0.2) is 23.8 Å². The van der Waals surface area contributed by atoms with Crippen LogP contribution in [0.4, 0.5) is 0 Å². The van der Waals surface area contributed by atoms with Gasteiger partial charge in [-0.2, -0.15) is 5.26 Å². The Bertz CT molecular complexity index is 545. The number of esters is 1. The van der Waals surface area contributed by atoms with Gasteiger partial charge in [-0.05, 0) is 23.8 Å². The number of nitrogens with zero attached hydrogens (tertiary/aromatic N) is 1. The van der Waals surface area contributed by atoms with Crippen molar-refractivity contribution >= 4 is 12.0 Å². The molecule has 1 aromatic rings. The van der Waals surface area contributed by atoms with E-state index in [4.69, 9.17) is 19.8 Å². The zero-order chi connectivity index (χ0) is 15.0. The summed E-state index contributed by atoms with van der Waals surface area (Å²) in [6, 6.07) is 6.68. The van der Waals surface area contributed by atoms with Gasteiger partial charge in [-0.1, -0.05) is 6.07 Å². The third-order valence-corrected chi connectivity index (χ3v) is 2.37. The molecule has 0 fully saturated rings. The van der Waals surface area contributed by atoms with Crippen LogP contribution in [0.25, 0.3) is 6.08 Å². The Kier molecular flexibility index (Phi) is 6.07. The van der Waals surface area contributed by atoms with Crippen LogP contribution in [0, 0.1) is 11.3 Å². The number of ether oxygens (including phenoxy) is 3. The van der Waals surface area contributed by atoms with Crippen LogP contribution in [0.3, 0.4) is 0 Å². The Morgan fingerprint density at radius 1 is 1.40 bits per heavy atom. The summed E-state index contributed by atoms with van der Waals surface area (Å²) in [6.07, 6.45) is 1.39. The fraction of sp³-hybridized carbons (Fsp3) is 0.286. The lowest BCUT2D eigenvalue weighted by atomic mass is 10.1. The summed E-state index contributed by atoms with van der Waals surface area (Å²) in [7, 11) is 2.68. The van der Waals surface area contributed by atoms with Crippen molar-refractivity contribution in [2.45, 2.75) is 0 Å². The molecule has 0 aliphatic heterocycles. The third-order valence-electron chi connectivity index (χ3n) is 2.37. The van der Waals surface area contributed by atoms with Crippen molar-refractivity contribution in [2.24, 2.45) is 0 Å². The maximum atomic E-state index is 11.3. The number of rotatable bonds is 6. The number of methoxy groups -OCH3 is 2. The van der Waals surface area contributed by atoms with Crippen molar-refractivity contribution in [1.82, 2.24) is 0 Å². The van der Waals surface area contributed by atoms with Crippen molar-refractivity contribution in [3.63, 3.8) is 0 Å². The van der Waals surface area contributed by atoms with Gasteiger partial charge >= 0.3 is 5.97 Å².